The molecule has 1 N–H and O–H groups in total. The third-order valence-corrected chi connectivity index (χ3v) is 3.19. The van der Waals surface area contributed by atoms with E-state index in [1.165, 1.54) is 0 Å². The van der Waals surface area contributed by atoms with Gasteiger partial charge in [0, 0.05) is 5.39 Å². The standard InChI is InChI=1S/C15H20ClNO2/c1-15(2,3)18-9-12(17-4)13-8-10-6-5-7-11(16)14(10)19-13/h5-8,12,17H,9H2,1-4H3. The Balaban J connectivity index is 2.23. The number of likely N-dealkylation sites (N-methyl/N-ethyl adjacent to an activating group) is 1. The fourth-order valence-electron chi connectivity index (χ4n) is 1.86. The van der Waals surface area contributed by atoms with Gasteiger partial charge in [0.25, 0.3) is 0 Å². The van der Waals surface area contributed by atoms with Crippen LogP contribution in [-0.4, -0.2) is 19.3 Å². The van der Waals surface area contributed by atoms with Gasteiger partial charge in [-0.1, -0.05) is 23.7 Å². The second-order valence-electron chi connectivity index (χ2n) is 5.57. The molecule has 0 saturated heterocycles. The number of fused-ring (bicyclic) bond motifs is 1. The lowest BCUT2D eigenvalue weighted by Gasteiger charge is -2.23. The quantitative estimate of drug-likeness (QED) is 0.914. The summed E-state index contributed by atoms with van der Waals surface area (Å²) in [6, 6.07) is 7.77. The van der Waals surface area contributed by atoms with Gasteiger partial charge in [0.1, 0.15) is 5.76 Å². The van der Waals surface area contributed by atoms with Crippen LogP contribution in [0.2, 0.25) is 5.02 Å². The molecule has 1 heterocycles. The van der Waals surface area contributed by atoms with Gasteiger partial charge >= 0.3 is 0 Å². The first kappa shape index (κ1) is 14.4. The summed E-state index contributed by atoms with van der Waals surface area (Å²) >= 11 is 6.12. The average molecular weight is 282 g/mol. The van der Waals surface area contributed by atoms with Crippen molar-refractivity contribution in [1.82, 2.24) is 5.32 Å². The predicted molar refractivity (Wildman–Crippen MR) is 78.7 cm³/mol. The lowest BCUT2D eigenvalue weighted by Crippen LogP contribution is -2.28. The van der Waals surface area contributed by atoms with Crippen LogP contribution in [0.1, 0.15) is 32.6 Å². The van der Waals surface area contributed by atoms with Crippen LogP contribution >= 0.6 is 11.6 Å². The van der Waals surface area contributed by atoms with Crippen molar-refractivity contribution in [2.24, 2.45) is 0 Å². The fourth-order valence-corrected chi connectivity index (χ4v) is 2.08. The molecule has 0 aliphatic carbocycles. The maximum Gasteiger partial charge on any atom is 0.152 e. The van der Waals surface area contributed by atoms with Gasteiger partial charge < -0.3 is 14.5 Å². The Morgan fingerprint density at radius 3 is 2.68 bits per heavy atom. The van der Waals surface area contributed by atoms with Crippen LogP contribution in [0, 0.1) is 0 Å². The Bertz CT molecular complexity index is 557. The van der Waals surface area contributed by atoms with Crippen LogP contribution in [0.5, 0.6) is 0 Å². The highest BCUT2D eigenvalue weighted by Crippen LogP contribution is 2.29. The summed E-state index contributed by atoms with van der Waals surface area (Å²) in [5.74, 6) is 0.842. The second-order valence-corrected chi connectivity index (χ2v) is 5.98. The first-order valence-corrected chi connectivity index (χ1v) is 6.77. The number of halogens is 1. The molecule has 2 aromatic rings. The molecule has 0 aliphatic heterocycles. The number of rotatable bonds is 4. The van der Waals surface area contributed by atoms with Crippen molar-refractivity contribution in [3.8, 4) is 0 Å². The molecule has 19 heavy (non-hydrogen) atoms. The monoisotopic (exact) mass is 281 g/mol. The zero-order valence-corrected chi connectivity index (χ0v) is 12.5. The number of ether oxygens (including phenoxy) is 1. The van der Waals surface area contributed by atoms with E-state index in [4.69, 9.17) is 20.8 Å². The lowest BCUT2D eigenvalue weighted by molar-refractivity contribution is -0.0161. The first-order chi connectivity index (χ1) is 8.90. The van der Waals surface area contributed by atoms with Gasteiger partial charge in [-0.2, -0.15) is 0 Å². The second kappa shape index (κ2) is 5.53. The molecular formula is C15H20ClNO2. The number of hydrogen-bond donors (Lipinski definition) is 1. The molecule has 1 aromatic carbocycles. The van der Waals surface area contributed by atoms with Crippen molar-refractivity contribution in [3.05, 3.63) is 35.0 Å². The molecular weight excluding hydrogens is 262 g/mol. The van der Waals surface area contributed by atoms with E-state index in [-0.39, 0.29) is 11.6 Å². The molecule has 2 rings (SSSR count). The molecule has 0 saturated carbocycles. The summed E-state index contributed by atoms with van der Waals surface area (Å²) in [6.45, 7) is 6.66. The Morgan fingerprint density at radius 2 is 2.11 bits per heavy atom. The van der Waals surface area contributed by atoms with Crippen molar-refractivity contribution in [3.63, 3.8) is 0 Å². The van der Waals surface area contributed by atoms with E-state index in [9.17, 15) is 0 Å². The van der Waals surface area contributed by atoms with Gasteiger partial charge in [0.05, 0.1) is 23.3 Å². The predicted octanol–water partition coefficient (Wildman–Crippen LogP) is 4.16. The smallest absolute Gasteiger partial charge is 0.152 e. The number of furan rings is 1. The van der Waals surface area contributed by atoms with E-state index in [0.717, 1.165) is 16.7 Å². The summed E-state index contributed by atoms with van der Waals surface area (Å²) in [7, 11) is 1.89. The molecule has 4 heteroatoms. The molecule has 0 radical (unpaired) electrons. The highest BCUT2D eigenvalue weighted by Gasteiger charge is 2.19. The molecule has 0 spiro atoms. The molecule has 1 atom stereocenters. The summed E-state index contributed by atoms with van der Waals surface area (Å²) < 4.78 is 11.7. The summed E-state index contributed by atoms with van der Waals surface area (Å²) in [4.78, 5) is 0. The molecule has 0 amide bonds. The molecule has 0 bridgehead atoms. The van der Waals surface area contributed by atoms with E-state index < -0.39 is 0 Å². The normalized spacial score (nSPS) is 13.9. The molecule has 0 aliphatic rings. The fraction of sp³-hybridized carbons (Fsp3) is 0.467. The van der Waals surface area contributed by atoms with Crippen molar-refractivity contribution < 1.29 is 9.15 Å². The SMILES string of the molecule is CNC(COC(C)(C)C)c1cc2cccc(Cl)c2o1. The van der Waals surface area contributed by atoms with Gasteiger partial charge in [0.2, 0.25) is 0 Å². The van der Waals surface area contributed by atoms with E-state index in [1.54, 1.807) is 0 Å². The Labute approximate surface area is 118 Å². The van der Waals surface area contributed by atoms with E-state index in [0.29, 0.717) is 11.6 Å². The van der Waals surface area contributed by atoms with Crippen LogP contribution in [0.25, 0.3) is 11.0 Å². The molecule has 1 aromatic heterocycles. The maximum absolute atomic E-state index is 6.12. The van der Waals surface area contributed by atoms with E-state index >= 15 is 0 Å². The summed E-state index contributed by atoms with van der Waals surface area (Å²) in [5.41, 5.74) is 0.564. The van der Waals surface area contributed by atoms with Gasteiger partial charge in [-0.25, -0.2) is 0 Å². The van der Waals surface area contributed by atoms with Gasteiger partial charge in [-0.3, -0.25) is 0 Å². The van der Waals surface area contributed by atoms with Crippen molar-refractivity contribution in [1.29, 1.82) is 0 Å². The minimum atomic E-state index is -0.168. The summed E-state index contributed by atoms with van der Waals surface area (Å²) in [6.07, 6.45) is 0. The van der Waals surface area contributed by atoms with Gasteiger partial charge in [-0.05, 0) is 40.0 Å². The minimum Gasteiger partial charge on any atom is -0.458 e. The topological polar surface area (TPSA) is 34.4 Å². The third kappa shape index (κ3) is 3.50. The molecule has 1 unspecified atom stereocenters. The highest BCUT2D eigenvalue weighted by molar-refractivity contribution is 6.34. The van der Waals surface area contributed by atoms with Gasteiger partial charge in [-0.15, -0.1) is 0 Å². The van der Waals surface area contributed by atoms with E-state index in [1.807, 2.05) is 52.1 Å². The minimum absolute atomic E-state index is 0.0164. The van der Waals surface area contributed by atoms with Crippen molar-refractivity contribution in [2.75, 3.05) is 13.7 Å². The van der Waals surface area contributed by atoms with Crippen molar-refractivity contribution >= 4 is 22.6 Å². The zero-order valence-electron chi connectivity index (χ0n) is 11.8. The number of benzene rings is 1. The number of nitrogens with one attached hydrogen (secondary N) is 1. The van der Waals surface area contributed by atoms with Crippen LogP contribution in [0.15, 0.2) is 28.7 Å². The zero-order chi connectivity index (χ0) is 14.0. The number of hydrogen-bond acceptors (Lipinski definition) is 3. The summed E-state index contributed by atoms with van der Waals surface area (Å²) in [5, 5.41) is 4.86. The van der Waals surface area contributed by atoms with Crippen LogP contribution in [0.4, 0.5) is 0 Å². The Kier molecular flexibility index (Phi) is 4.19. The lowest BCUT2D eigenvalue weighted by atomic mass is 10.1. The molecule has 3 nitrogen and oxygen atoms in total. The third-order valence-electron chi connectivity index (χ3n) is 2.89. The van der Waals surface area contributed by atoms with Crippen molar-refractivity contribution in [2.45, 2.75) is 32.4 Å². The molecule has 104 valence electrons. The largest absolute Gasteiger partial charge is 0.458 e. The highest BCUT2D eigenvalue weighted by atomic mass is 35.5. The Morgan fingerprint density at radius 1 is 1.37 bits per heavy atom. The van der Waals surface area contributed by atoms with Crippen LogP contribution in [-0.2, 0) is 4.74 Å². The van der Waals surface area contributed by atoms with E-state index in [2.05, 4.69) is 5.32 Å². The average Bonchev–Trinajstić information content (AvgIpc) is 2.73. The molecule has 0 fully saturated rings. The maximum atomic E-state index is 6.12. The van der Waals surface area contributed by atoms with Crippen LogP contribution < -0.4 is 5.32 Å². The van der Waals surface area contributed by atoms with Crippen LogP contribution in [0.3, 0.4) is 0 Å². The first-order valence-electron chi connectivity index (χ1n) is 6.40. The Hall–Kier alpha value is -1.03. The number of para-hydroxylation sites is 1. The van der Waals surface area contributed by atoms with Gasteiger partial charge in [0.15, 0.2) is 5.58 Å².